The van der Waals surface area contributed by atoms with Gasteiger partial charge in [-0.25, -0.2) is 0 Å². The second-order valence-electron chi connectivity index (χ2n) is 5.31. The molecule has 0 amide bonds. The number of thiophene rings is 1. The van der Waals surface area contributed by atoms with Crippen molar-refractivity contribution in [3.05, 3.63) is 51.2 Å². The molecule has 8 heteroatoms. The normalized spacial score (nSPS) is 12.2. The fraction of sp³-hybridized carbons (Fsp3) is 0.353. The zero-order chi connectivity index (χ0) is 18.4. The minimum Gasteiger partial charge on any atom is -0.497 e. The number of nitrogens with one attached hydrogen (secondary N) is 2. The Morgan fingerprint density at radius 1 is 1.16 bits per heavy atom. The van der Waals surface area contributed by atoms with Gasteiger partial charge in [0.05, 0.1) is 19.2 Å². The summed E-state index contributed by atoms with van der Waals surface area (Å²) in [6, 6.07) is 7.94. The van der Waals surface area contributed by atoms with Crippen LogP contribution in [0, 0.1) is 6.92 Å². The summed E-state index contributed by atoms with van der Waals surface area (Å²) in [5, 5.41) is 6.01. The molecule has 25 heavy (non-hydrogen) atoms. The summed E-state index contributed by atoms with van der Waals surface area (Å²) in [4.78, 5) is 6.37. The molecule has 136 valence electrons. The summed E-state index contributed by atoms with van der Waals surface area (Å²) in [7, 11) is 2.92. The van der Waals surface area contributed by atoms with E-state index in [4.69, 9.17) is 4.74 Å². The van der Waals surface area contributed by atoms with Gasteiger partial charge in [-0.2, -0.15) is 13.2 Å². The number of rotatable bonds is 5. The fourth-order valence-electron chi connectivity index (χ4n) is 2.25. The van der Waals surface area contributed by atoms with Gasteiger partial charge in [0.15, 0.2) is 5.96 Å². The molecule has 0 unspecified atom stereocenters. The number of hydrogen-bond donors (Lipinski definition) is 2. The number of halogens is 3. The van der Waals surface area contributed by atoms with Gasteiger partial charge in [-0.05, 0) is 36.8 Å². The Balaban J connectivity index is 2.03. The van der Waals surface area contributed by atoms with Crippen LogP contribution in [0.15, 0.2) is 35.3 Å². The van der Waals surface area contributed by atoms with Crippen molar-refractivity contribution in [3.8, 4) is 5.75 Å². The average Bonchev–Trinajstić information content (AvgIpc) is 2.99. The lowest BCUT2D eigenvalue weighted by molar-refractivity contribution is -0.138. The number of benzene rings is 1. The lowest BCUT2D eigenvalue weighted by atomic mass is 10.1. The van der Waals surface area contributed by atoms with Crippen LogP contribution in [0.3, 0.4) is 0 Å². The Morgan fingerprint density at radius 3 is 2.44 bits per heavy atom. The van der Waals surface area contributed by atoms with E-state index >= 15 is 0 Å². The molecular formula is C17H20F3N3OS. The SMILES string of the molecule is CN=C(NCc1ccc(C)s1)NCc1ccc(OC)cc1C(F)(F)F. The highest BCUT2D eigenvalue weighted by Crippen LogP contribution is 2.34. The summed E-state index contributed by atoms with van der Waals surface area (Å²) in [6.45, 7) is 2.58. The molecule has 2 aromatic rings. The van der Waals surface area contributed by atoms with E-state index in [1.165, 1.54) is 24.1 Å². The van der Waals surface area contributed by atoms with Gasteiger partial charge in [0.2, 0.25) is 0 Å². The zero-order valence-corrected chi connectivity index (χ0v) is 15.0. The number of alkyl halides is 3. The van der Waals surface area contributed by atoms with E-state index in [1.807, 2.05) is 19.1 Å². The van der Waals surface area contributed by atoms with Crippen LogP contribution in [-0.2, 0) is 19.3 Å². The monoisotopic (exact) mass is 371 g/mol. The fourth-order valence-corrected chi connectivity index (χ4v) is 3.08. The molecule has 4 nitrogen and oxygen atoms in total. The standard InChI is InChI=1S/C17H20F3N3OS/c1-11-4-7-14(25-11)10-23-16(21-2)22-9-12-5-6-13(24-3)8-15(12)17(18,19)20/h4-8H,9-10H2,1-3H3,(H2,21,22,23). The minimum absolute atomic E-state index is 0.00196. The van der Waals surface area contributed by atoms with Gasteiger partial charge >= 0.3 is 6.18 Å². The highest BCUT2D eigenvalue weighted by Gasteiger charge is 2.33. The summed E-state index contributed by atoms with van der Waals surface area (Å²) >= 11 is 1.66. The van der Waals surface area contributed by atoms with E-state index in [2.05, 4.69) is 15.6 Å². The number of guanidine groups is 1. The molecule has 2 N–H and O–H groups in total. The molecular weight excluding hydrogens is 351 g/mol. The number of methoxy groups -OCH3 is 1. The number of ether oxygens (including phenoxy) is 1. The second kappa shape index (κ2) is 8.24. The molecule has 0 saturated heterocycles. The minimum atomic E-state index is -4.45. The molecule has 0 fully saturated rings. The van der Waals surface area contributed by atoms with Crippen molar-refractivity contribution >= 4 is 17.3 Å². The van der Waals surface area contributed by atoms with Crippen LogP contribution < -0.4 is 15.4 Å². The van der Waals surface area contributed by atoms with Crippen LogP contribution in [0.4, 0.5) is 13.2 Å². The van der Waals surface area contributed by atoms with E-state index in [0.29, 0.717) is 12.5 Å². The summed E-state index contributed by atoms with van der Waals surface area (Å²) in [5.41, 5.74) is -0.591. The molecule has 0 aliphatic carbocycles. The van der Waals surface area contributed by atoms with E-state index in [-0.39, 0.29) is 17.9 Å². The highest BCUT2D eigenvalue weighted by molar-refractivity contribution is 7.11. The first-order valence-corrected chi connectivity index (χ1v) is 8.39. The predicted octanol–water partition coefficient (Wildman–Crippen LogP) is 3.95. The van der Waals surface area contributed by atoms with Crippen molar-refractivity contribution in [2.45, 2.75) is 26.2 Å². The van der Waals surface area contributed by atoms with Gasteiger partial charge in [0.1, 0.15) is 5.75 Å². The Morgan fingerprint density at radius 2 is 1.88 bits per heavy atom. The van der Waals surface area contributed by atoms with Crippen LogP contribution >= 0.6 is 11.3 Å². The van der Waals surface area contributed by atoms with E-state index in [1.54, 1.807) is 18.4 Å². The molecule has 0 spiro atoms. The second-order valence-corrected chi connectivity index (χ2v) is 6.68. The molecule has 0 aliphatic rings. The third-order valence-corrected chi connectivity index (χ3v) is 4.52. The number of nitrogens with zero attached hydrogens (tertiary/aromatic N) is 1. The zero-order valence-electron chi connectivity index (χ0n) is 14.2. The lowest BCUT2D eigenvalue weighted by Crippen LogP contribution is -2.36. The quantitative estimate of drug-likeness (QED) is 0.618. The van der Waals surface area contributed by atoms with Gasteiger partial charge in [-0.15, -0.1) is 11.3 Å². The third-order valence-electron chi connectivity index (χ3n) is 3.52. The van der Waals surface area contributed by atoms with Crippen molar-refractivity contribution < 1.29 is 17.9 Å². The number of aryl methyl sites for hydroxylation is 1. The van der Waals surface area contributed by atoms with Gasteiger partial charge in [0.25, 0.3) is 0 Å². The van der Waals surface area contributed by atoms with Gasteiger partial charge in [-0.1, -0.05) is 6.07 Å². The largest absolute Gasteiger partial charge is 0.497 e. The van der Waals surface area contributed by atoms with Crippen LogP contribution in [0.5, 0.6) is 5.75 Å². The van der Waals surface area contributed by atoms with Gasteiger partial charge in [-0.3, -0.25) is 4.99 Å². The Kier molecular flexibility index (Phi) is 6.30. The van der Waals surface area contributed by atoms with Crippen molar-refractivity contribution in [3.63, 3.8) is 0 Å². The van der Waals surface area contributed by atoms with Crippen LogP contribution in [-0.4, -0.2) is 20.1 Å². The van der Waals surface area contributed by atoms with Crippen molar-refractivity contribution in [2.75, 3.05) is 14.2 Å². The molecule has 1 aromatic heterocycles. The first-order valence-electron chi connectivity index (χ1n) is 7.57. The van der Waals surface area contributed by atoms with Crippen LogP contribution in [0.1, 0.15) is 20.9 Å². The Labute approximate surface area is 148 Å². The van der Waals surface area contributed by atoms with Crippen molar-refractivity contribution in [1.82, 2.24) is 10.6 Å². The van der Waals surface area contributed by atoms with E-state index < -0.39 is 11.7 Å². The van der Waals surface area contributed by atoms with Crippen molar-refractivity contribution in [2.24, 2.45) is 4.99 Å². The first-order chi connectivity index (χ1) is 11.8. The summed E-state index contributed by atoms with van der Waals surface area (Å²) in [5.74, 6) is 0.613. The number of hydrogen-bond acceptors (Lipinski definition) is 3. The maximum atomic E-state index is 13.2. The van der Waals surface area contributed by atoms with Gasteiger partial charge < -0.3 is 15.4 Å². The van der Waals surface area contributed by atoms with Crippen molar-refractivity contribution in [1.29, 1.82) is 0 Å². The number of aliphatic imine (C=N–C) groups is 1. The lowest BCUT2D eigenvalue weighted by Gasteiger charge is -2.16. The molecule has 0 atom stereocenters. The molecule has 1 aromatic carbocycles. The smallest absolute Gasteiger partial charge is 0.416 e. The average molecular weight is 371 g/mol. The molecule has 0 bridgehead atoms. The summed E-state index contributed by atoms with van der Waals surface area (Å²) in [6.07, 6.45) is -4.45. The summed E-state index contributed by atoms with van der Waals surface area (Å²) < 4.78 is 44.5. The Bertz CT molecular complexity index is 741. The maximum Gasteiger partial charge on any atom is 0.416 e. The maximum absolute atomic E-state index is 13.2. The first kappa shape index (κ1) is 19.1. The third kappa shape index (κ3) is 5.38. The predicted molar refractivity (Wildman–Crippen MR) is 94.1 cm³/mol. The van der Waals surface area contributed by atoms with Crippen LogP contribution in [0.2, 0.25) is 0 Å². The van der Waals surface area contributed by atoms with Crippen LogP contribution in [0.25, 0.3) is 0 Å². The highest BCUT2D eigenvalue weighted by atomic mass is 32.1. The molecule has 0 radical (unpaired) electrons. The van der Waals surface area contributed by atoms with E-state index in [0.717, 1.165) is 10.9 Å². The molecule has 2 rings (SSSR count). The van der Waals surface area contributed by atoms with Gasteiger partial charge in [0, 0.05) is 23.3 Å². The molecule has 0 aliphatic heterocycles. The molecule has 0 saturated carbocycles. The molecule has 1 heterocycles. The topological polar surface area (TPSA) is 45.7 Å². The van der Waals surface area contributed by atoms with E-state index in [9.17, 15) is 13.2 Å². The Hall–Kier alpha value is -2.22.